The molecule has 1 nitrogen and oxygen atoms in total. The molecule has 2 aromatic rings. The van der Waals surface area contributed by atoms with E-state index in [9.17, 15) is 0 Å². The summed E-state index contributed by atoms with van der Waals surface area (Å²) in [5.41, 5.74) is 10.9. The Kier molecular flexibility index (Phi) is 4.41. The van der Waals surface area contributed by atoms with Crippen LogP contribution in [0, 0.1) is 3.57 Å². The quantitative estimate of drug-likeness (QED) is 0.794. The minimum Gasteiger partial charge on any atom is -0.327 e. The van der Waals surface area contributed by atoms with E-state index in [0.717, 1.165) is 6.42 Å². The van der Waals surface area contributed by atoms with Gasteiger partial charge in [-0.1, -0.05) is 36.4 Å². The van der Waals surface area contributed by atoms with Gasteiger partial charge in [-0.2, -0.15) is 0 Å². The summed E-state index contributed by atoms with van der Waals surface area (Å²) in [5.74, 6) is 0.513. The van der Waals surface area contributed by atoms with Crippen LogP contribution in [0.1, 0.15) is 35.4 Å². The molecule has 20 heavy (non-hydrogen) atoms. The van der Waals surface area contributed by atoms with Gasteiger partial charge in [0.25, 0.3) is 0 Å². The maximum Gasteiger partial charge on any atom is 0.0149 e. The Morgan fingerprint density at radius 3 is 2.65 bits per heavy atom. The second kappa shape index (κ2) is 6.27. The Labute approximate surface area is 134 Å². The van der Waals surface area contributed by atoms with E-state index in [1.807, 2.05) is 0 Å². The molecular formula is C18H20IN. The van der Waals surface area contributed by atoms with Gasteiger partial charge in [0, 0.05) is 9.61 Å². The highest BCUT2D eigenvalue weighted by Crippen LogP contribution is 2.34. The summed E-state index contributed by atoms with van der Waals surface area (Å²) in [6, 6.07) is 17.8. The Morgan fingerprint density at radius 2 is 1.85 bits per heavy atom. The fraction of sp³-hybridized carbons (Fsp3) is 0.333. The standard InChI is InChI=1S/C18H20IN/c19-15-10-8-13(9-11-15)12-18(20)17-7-3-5-14-4-1-2-6-16(14)17/h1-2,4,6,8-11,17-18H,3,5,7,12,20H2. The van der Waals surface area contributed by atoms with Crippen molar-refractivity contribution in [1.82, 2.24) is 0 Å². The van der Waals surface area contributed by atoms with Crippen LogP contribution in [-0.2, 0) is 12.8 Å². The maximum absolute atomic E-state index is 6.53. The van der Waals surface area contributed by atoms with Crippen LogP contribution in [-0.4, -0.2) is 6.04 Å². The number of rotatable bonds is 3. The monoisotopic (exact) mass is 377 g/mol. The molecular weight excluding hydrogens is 357 g/mol. The molecule has 0 radical (unpaired) electrons. The lowest BCUT2D eigenvalue weighted by molar-refractivity contribution is 0.460. The van der Waals surface area contributed by atoms with Gasteiger partial charge in [0.15, 0.2) is 0 Å². The largest absolute Gasteiger partial charge is 0.327 e. The highest BCUT2D eigenvalue weighted by atomic mass is 127. The van der Waals surface area contributed by atoms with E-state index in [2.05, 4.69) is 71.1 Å². The van der Waals surface area contributed by atoms with Crippen molar-refractivity contribution in [3.05, 3.63) is 68.8 Å². The zero-order chi connectivity index (χ0) is 13.9. The zero-order valence-corrected chi connectivity index (χ0v) is 13.7. The van der Waals surface area contributed by atoms with Crippen LogP contribution in [0.3, 0.4) is 0 Å². The number of fused-ring (bicyclic) bond motifs is 1. The number of benzene rings is 2. The molecule has 2 aromatic carbocycles. The van der Waals surface area contributed by atoms with Crippen LogP contribution in [0.4, 0.5) is 0 Å². The van der Waals surface area contributed by atoms with Crippen LogP contribution in [0.2, 0.25) is 0 Å². The first kappa shape index (κ1) is 14.1. The van der Waals surface area contributed by atoms with Crippen molar-refractivity contribution in [2.45, 2.75) is 37.6 Å². The van der Waals surface area contributed by atoms with Gasteiger partial charge >= 0.3 is 0 Å². The van der Waals surface area contributed by atoms with Gasteiger partial charge in [0.05, 0.1) is 0 Å². The normalized spacial score (nSPS) is 19.4. The Morgan fingerprint density at radius 1 is 1.10 bits per heavy atom. The van der Waals surface area contributed by atoms with Gasteiger partial charge < -0.3 is 5.73 Å². The number of hydrogen-bond acceptors (Lipinski definition) is 1. The average Bonchev–Trinajstić information content (AvgIpc) is 2.49. The predicted molar refractivity (Wildman–Crippen MR) is 93.0 cm³/mol. The smallest absolute Gasteiger partial charge is 0.0149 e. The van der Waals surface area contributed by atoms with E-state index in [-0.39, 0.29) is 6.04 Å². The molecule has 0 saturated heterocycles. The fourth-order valence-corrected chi connectivity index (χ4v) is 3.63. The van der Waals surface area contributed by atoms with E-state index < -0.39 is 0 Å². The van der Waals surface area contributed by atoms with Gasteiger partial charge in [0.1, 0.15) is 0 Å². The molecule has 0 spiro atoms. The highest BCUT2D eigenvalue weighted by Gasteiger charge is 2.25. The predicted octanol–water partition coefficient (Wildman–Crippen LogP) is 4.28. The maximum atomic E-state index is 6.53. The Balaban J connectivity index is 1.78. The molecule has 0 saturated carbocycles. The third kappa shape index (κ3) is 3.07. The molecule has 0 aromatic heterocycles. The molecule has 0 fully saturated rings. The van der Waals surface area contributed by atoms with E-state index in [4.69, 9.17) is 5.73 Å². The molecule has 2 atom stereocenters. The molecule has 3 rings (SSSR count). The first-order valence-electron chi connectivity index (χ1n) is 7.32. The van der Waals surface area contributed by atoms with Crippen molar-refractivity contribution < 1.29 is 0 Å². The van der Waals surface area contributed by atoms with Crippen LogP contribution in [0.5, 0.6) is 0 Å². The fourth-order valence-electron chi connectivity index (χ4n) is 3.27. The number of halogens is 1. The van der Waals surface area contributed by atoms with Gasteiger partial charge in [0.2, 0.25) is 0 Å². The van der Waals surface area contributed by atoms with Crippen LogP contribution < -0.4 is 5.73 Å². The summed E-state index contributed by atoms with van der Waals surface area (Å²) in [7, 11) is 0. The highest BCUT2D eigenvalue weighted by molar-refractivity contribution is 14.1. The number of aryl methyl sites for hydroxylation is 1. The summed E-state index contributed by atoms with van der Waals surface area (Å²) in [6.07, 6.45) is 4.67. The molecule has 2 N–H and O–H groups in total. The second-order valence-electron chi connectivity index (χ2n) is 5.69. The molecule has 0 heterocycles. The van der Waals surface area contributed by atoms with Crippen LogP contribution in [0.15, 0.2) is 48.5 Å². The van der Waals surface area contributed by atoms with E-state index in [0.29, 0.717) is 5.92 Å². The van der Waals surface area contributed by atoms with Gasteiger partial charge in [-0.05, 0) is 83.0 Å². The summed E-state index contributed by atoms with van der Waals surface area (Å²) in [6.45, 7) is 0. The van der Waals surface area contributed by atoms with Crippen LogP contribution in [0.25, 0.3) is 0 Å². The van der Waals surface area contributed by atoms with Crippen molar-refractivity contribution in [3.8, 4) is 0 Å². The third-order valence-corrected chi connectivity index (χ3v) is 5.04. The van der Waals surface area contributed by atoms with Crippen molar-refractivity contribution in [1.29, 1.82) is 0 Å². The molecule has 1 aliphatic rings. The topological polar surface area (TPSA) is 26.0 Å². The molecule has 2 unspecified atom stereocenters. The first-order chi connectivity index (χ1) is 9.74. The lowest BCUT2D eigenvalue weighted by Crippen LogP contribution is -2.33. The van der Waals surface area contributed by atoms with Gasteiger partial charge in [-0.3, -0.25) is 0 Å². The van der Waals surface area contributed by atoms with E-state index in [1.165, 1.54) is 39.5 Å². The molecule has 0 aliphatic heterocycles. The zero-order valence-electron chi connectivity index (χ0n) is 11.6. The summed E-state index contributed by atoms with van der Waals surface area (Å²) >= 11 is 2.34. The van der Waals surface area contributed by atoms with Gasteiger partial charge in [-0.25, -0.2) is 0 Å². The molecule has 104 valence electrons. The summed E-state index contributed by atoms with van der Waals surface area (Å²) in [4.78, 5) is 0. The average molecular weight is 377 g/mol. The Hall–Kier alpha value is -0.870. The van der Waals surface area contributed by atoms with E-state index in [1.54, 1.807) is 0 Å². The minimum atomic E-state index is 0.219. The van der Waals surface area contributed by atoms with E-state index >= 15 is 0 Å². The lowest BCUT2D eigenvalue weighted by atomic mass is 9.77. The molecule has 0 amide bonds. The van der Waals surface area contributed by atoms with Crippen molar-refractivity contribution in [2.24, 2.45) is 5.73 Å². The summed E-state index contributed by atoms with van der Waals surface area (Å²) in [5, 5.41) is 0. The molecule has 2 heteroatoms. The SMILES string of the molecule is NC(Cc1ccc(I)cc1)C1CCCc2ccccc21. The lowest BCUT2D eigenvalue weighted by Gasteiger charge is -2.30. The minimum absolute atomic E-state index is 0.219. The summed E-state index contributed by atoms with van der Waals surface area (Å²) < 4.78 is 1.28. The van der Waals surface area contributed by atoms with Crippen molar-refractivity contribution in [2.75, 3.05) is 0 Å². The number of hydrogen-bond donors (Lipinski definition) is 1. The molecule has 0 bridgehead atoms. The van der Waals surface area contributed by atoms with Crippen LogP contribution >= 0.6 is 22.6 Å². The third-order valence-electron chi connectivity index (χ3n) is 4.32. The Bertz CT molecular complexity index is 576. The van der Waals surface area contributed by atoms with Gasteiger partial charge in [-0.15, -0.1) is 0 Å². The van der Waals surface area contributed by atoms with Crippen molar-refractivity contribution in [3.63, 3.8) is 0 Å². The molecule has 1 aliphatic carbocycles. The van der Waals surface area contributed by atoms with Crippen molar-refractivity contribution >= 4 is 22.6 Å². The number of nitrogens with two attached hydrogens (primary N) is 1. The second-order valence-corrected chi connectivity index (χ2v) is 6.94. The first-order valence-corrected chi connectivity index (χ1v) is 8.40.